The van der Waals surface area contributed by atoms with Crippen LogP contribution in [-0.4, -0.2) is 37.1 Å². The van der Waals surface area contributed by atoms with Crippen LogP contribution in [0.25, 0.3) is 0 Å². The molecule has 1 aliphatic carbocycles. The van der Waals surface area contributed by atoms with Gasteiger partial charge in [0.1, 0.15) is 5.83 Å². The fourth-order valence-corrected chi connectivity index (χ4v) is 1.72. The molecule has 0 amide bonds. The summed E-state index contributed by atoms with van der Waals surface area (Å²) >= 11 is 0. The highest BCUT2D eigenvalue weighted by Gasteiger charge is 2.31. The second-order valence-corrected chi connectivity index (χ2v) is 4.43. The van der Waals surface area contributed by atoms with E-state index in [1.165, 1.54) is 12.2 Å². The Balaban J connectivity index is 2.54. The molecular weight excluding hydrogens is 193 g/mol. The van der Waals surface area contributed by atoms with Gasteiger partial charge in [-0.05, 0) is 45.6 Å². The molecule has 1 rings (SSSR count). The first-order valence-electron chi connectivity index (χ1n) is 5.20. The van der Waals surface area contributed by atoms with Crippen molar-refractivity contribution in [2.75, 3.05) is 20.6 Å². The Bertz CT molecular complexity index is 273. The summed E-state index contributed by atoms with van der Waals surface area (Å²) < 4.78 is 13.1. The first-order chi connectivity index (χ1) is 6.94. The Morgan fingerprint density at radius 2 is 2.20 bits per heavy atom. The average molecular weight is 213 g/mol. The van der Waals surface area contributed by atoms with Gasteiger partial charge in [0, 0.05) is 6.04 Å². The maximum atomic E-state index is 13.1. The number of hydrogen-bond acceptors (Lipinski definition) is 3. The van der Waals surface area contributed by atoms with Crippen molar-refractivity contribution in [1.82, 2.24) is 4.90 Å². The third-order valence-corrected chi connectivity index (χ3v) is 2.71. The normalized spacial score (nSPS) is 30.8. The summed E-state index contributed by atoms with van der Waals surface area (Å²) in [7, 11) is 4.00. The van der Waals surface area contributed by atoms with Gasteiger partial charge in [-0.2, -0.15) is 0 Å². The van der Waals surface area contributed by atoms with Crippen molar-refractivity contribution in [3.63, 3.8) is 0 Å². The highest BCUT2D eigenvalue weighted by molar-refractivity contribution is 5.29. The predicted molar refractivity (Wildman–Crippen MR) is 61.0 cm³/mol. The van der Waals surface area contributed by atoms with Crippen molar-refractivity contribution in [2.24, 2.45) is 11.5 Å². The van der Waals surface area contributed by atoms with Gasteiger partial charge in [0.05, 0.1) is 5.54 Å². The number of hydrogen-bond donors (Lipinski definition) is 2. The molecule has 15 heavy (non-hydrogen) atoms. The topological polar surface area (TPSA) is 55.3 Å². The molecule has 0 radical (unpaired) electrons. The molecule has 0 saturated heterocycles. The standard InChI is InChI=1S/C11H20FN3/c1-15(2)7-3-6-11(14)8-9(12)4-5-10(11)13/h4-5,8,10H,3,6-7,13-14H2,1-2H3. The van der Waals surface area contributed by atoms with Gasteiger partial charge in [-0.25, -0.2) is 4.39 Å². The summed E-state index contributed by atoms with van der Waals surface area (Å²) in [4.78, 5) is 2.08. The van der Waals surface area contributed by atoms with E-state index in [4.69, 9.17) is 11.5 Å². The first kappa shape index (κ1) is 12.4. The first-order valence-corrected chi connectivity index (χ1v) is 5.20. The molecular formula is C11H20FN3. The zero-order chi connectivity index (χ0) is 11.5. The Hall–Kier alpha value is -0.710. The molecule has 0 aromatic heterocycles. The molecule has 2 unspecified atom stereocenters. The second-order valence-electron chi connectivity index (χ2n) is 4.43. The summed E-state index contributed by atoms with van der Waals surface area (Å²) in [6.45, 7) is 0.935. The van der Waals surface area contributed by atoms with E-state index in [0.717, 1.165) is 13.0 Å². The lowest BCUT2D eigenvalue weighted by Gasteiger charge is -2.33. The lowest BCUT2D eigenvalue weighted by Crippen LogP contribution is -2.54. The Labute approximate surface area is 90.6 Å². The third-order valence-electron chi connectivity index (χ3n) is 2.71. The van der Waals surface area contributed by atoms with Gasteiger partial charge in [-0.1, -0.05) is 6.08 Å². The van der Waals surface area contributed by atoms with Crippen molar-refractivity contribution in [2.45, 2.75) is 24.4 Å². The lowest BCUT2D eigenvalue weighted by molar-refractivity contribution is 0.348. The minimum atomic E-state index is -0.727. The van der Waals surface area contributed by atoms with E-state index in [9.17, 15) is 4.39 Å². The zero-order valence-electron chi connectivity index (χ0n) is 9.41. The highest BCUT2D eigenvalue weighted by atomic mass is 19.1. The Morgan fingerprint density at radius 1 is 1.53 bits per heavy atom. The largest absolute Gasteiger partial charge is 0.323 e. The van der Waals surface area contributed by atoms with Crippen molar-refractivity contribution in [3.05, 3.63) is 24.1 Å². The zero-order valence-corrected chi connectivity index (χ0v) is 9.41. The Morgan fingerprint density at radius 3 is 2.80 bits per heavy atom. The second kappa shape index (κ2) is 4.88. The number of nitrogens with zero attached hydrogens (tertiary/aromatic N) is 1. The van der Waals surface area contributed by atoms with Crippen molar-refractivity contribution < 1.29 is 4.39 Å². The molecule has 86 valence electrons. The molecule has 1 aliphatic rings. The maximum absolute atomic E-state index is 13.1. The summed E-state index contributed by atoms with van der Waals surface area (Å²) in [5.74, 6) is -0.288. The van der Waals surface area contributed by atoms with E-state index < -0.39 is 5.54 Å². The molecule has 4 N–H and O–H groups in total. The van der Waals surface area contributed by atoms with Crippen LogP contribution in [-0.2, 0) is 0 Å². The van der Waals surface area contributed by atoms with E-state index in [2.05, 4.69) is 4.90 Å². The number of nitrogens with two attached hydrogens (primary N) is 2. The van der Waals surface area contributed by atoms with Crippen LogP contribution in [0.15, 0.2) is 24.1 Å². The lowest BCUT2D eigenvalue weighted by atomic mass is 9.83. The number of allylic oxidation sites excluding steroid dienone is 2. The van der Waals surface area contributed by atoms with Crippen LogP contribution in [0.1, 0.15) is 12.8 Å². The quantitative estimate of drug-likeness (QED) is 0.725. The van der Waals surface area contributed by atoms with Crippen LogP contribution >= 0.6 is 0 Å². The van der Waals surface area contributed by atoms with E-state index in [0.29, 0.717) is 6.42 Å². The van der Waals surface area contributed by atoms with Gasteiger partial charge in [-0.15, -0.1) is 0 Å². The molecule has 4 heteroatoms. The maximum Gasteiger partial charge on any atom is 0.120 e. The van der Waals surface area contributed by atoms with Gasteiger partial charge >= 0.3 is 0 Å². The summed E-state index contributed by atoms with van der Waals surface area (Å²) in [6.07, 6.45) is 6.05. The van der Waals surface area contributed by atoms with Gasteiger partial charge in [0.15, 0.2) is 0 Å². The molecule has 0 bridgehead atoms. The number of rotatable bonds is 4. The summed E-state index contributed by atoms with van der Waals surface area (Å²) in [5.41, 5.74) is 11.2. The minimum Gasteiger partial charge on any atom is -0.323 e. The Kier molecular flexibility index (Phi) is 4.02. The monoisotopic (exact) mass is 213 g/mol. The average Bonchev–Trinajstić information content (AvgIpc) is 2.11. The van der Waals surface area contributed by atoms with Crippen LogP contribution in [0.5, 0.6) is 0 Å². The van der Waals surface area contributed by atoms with Crippen LogP contribution in [0.4, 0.5) is 4.39 Å². The molecule has 0 fully saturated rings. The summed E-state index contributed by atoms with van der Waals surface area (Å²) in [6, 6.07) is -0.292. The molecule has 0 spiro atoms. The van der Waals surface area contributed by atoms with Crippen molar-refractivity contribution in [3.8, 4) is 0 Å². The van der Waals surface area contributed by atoms with E-state index in [1.54, 1.807) is 6.08 Å². The molecule has 0 aliphatic heterocycles. The molecule has 2 atom stereocenters. The van der Waals surface area contributed by atoms with Gasteiger partial charge in [-0.3, -0.25) is 0 Å². The van der Waals surface area contributed by atoms with Crippen LogP contribution in [0.3, 0.4) is 0 Å². The molecule has 0 aromatic rings. The van der Waals surface area contributed by atoms with Crippen molar-refractivity contribution >= 4 is 0 Å². The van der Waals surface area contributed by atoms with E-state index >= 15 is 0 Å². The molecule has 0 heterocycles. The minimum absolute atomic E-state index is 0.288. The molecule has 0 aromatic carbocycles. The van der Waals surface area contributed by atoms with E-state index in [-0.39, 0.29) is 11.9 Å². The van der Waals surface area contributed by atoms with Gasteiger partial charge in [0.2, 0.25) is 0 Å². The molecule has 0 saturated carbocycles. The highest BCUT2D eigenvalue weighted by Crippen LogP contribution is 2.23. The SMILES string of the molecule is CN(C)CCCC1(N)C=C(F)C=CC1N. The summed E-state index contributed by atoms with van der Waals surface area (Å²) in [5, 5.41) is 0. The van der Waals surface area contributed by atoms with Crippen LogP contribution < -0.4 is 11.5 Å². The fraction of sp³-hybridized carbons (Fsp3) is 0.636. The van der Waals surface area contributed by atoms with Gasteiger partial charge < -0.3 is 16.4 Å². The third kappa shape index (κ3) is 3.41. The fourth-order valence-electron chi connectivity index (χ4n) is 1.72. The number of halogens is 1. The smallest absolute Gasteiger partial charge is 0.120 e. The van der Waals surface area contributed by atoms with Crippen molar-refractivity contribution in [1.29, 1.82) is 0 Å². The van der Waals surface area contributed by atoms with Crippen LogP contribution in [0, 0.1) is 0 Å². The van der Waals surface area contributed by atoms with Gasteiger partial charge in [0.25, 0.3) is 0 Å². The van der Waals surface area contributed by atoms with E-state index in [1.807, 2.05) is 14.1 Å². The van der Waals surface area contributed by atoms with Crippen LogP contribution in [0.2, 0.25) is 0 Å². The predicted octanol–water partition coefficient (Wildman–Crippen LogP) is 0.776. The molecule has 3 nitrogen and oxygen atoms in total.